The Labute approximate surface area is 143 Å². The van der Waals surface area contributed by atoms with Crippen LogP contribution in [0.3, 0.4) is 0 Å². The monoisotopic (exact) mass is 317 g/mol. The van der Waals surface area contributed by atoms with Gasteiger partial charge in [0.2, 0.25) is 0 Å². The number of aromatic nitrogens is 3. The van der Waals surface area contributed by atoms with Gasteiger partial charge in [0, 0.05) is 12.1 Å². The van der Waals surface area contributed by atoms with E-state index in [-0.39, 0.29) is 0 Å². The number of hydrogen-bond donors (Lipinski definition) is 0. The summed E-state index contributed by atoms with van der Waals surface area (Å²) in [6.45, 7) is 5.19. The van der Waals surface area contributed by atoms with Gasteiger partial charge in [0.25, 0.3) is 0 Å². The third-order valence-electron chi connectivity index (χ3n) is 4.06. The molecule has 3 aromatic rings. The average molecular weight is 317 g/mol. The summed E-state index contributed by atoms with van der Waals surface area (Å²) in [5.41, 5.74) is 5.56. The van der Waals surface area contributed by atoms with E-state index >= 15 is 0 Å². The summed E-state index contributed by atoms with van der Waals surface area (Å²) in [6.07, 6.45) is 6.50. The predicted octanol–water partition coefficient (Wildman–Crippen LogP) is 5.22. The minimum absolute atomic E-state index is 0.893. The number of nitrogens with zero attached hydrogens (tertiary/aromatic N) is 3. The zero-order valence-electron chi connectivity index (χ0n) is 14.3. The molecule has 122 valence electrons. The lowest BCUT2D eigenvalue weighted by Gasteiger charge is -2.04. The first-order valence-corrected chi connectivity index (χ1v) is 8.51. The quantitative estimate of drug-likeness (QED) is 0.623. The standard InChI is InChI=1S/C21H23N3/c1-3-4-16-24-20(15-14-18-12-10-17(2)11-13-18)21(22-23-24)19-8-6-5-7-9-19/h5-15H,3-4,16H2,1-2H3/b15-14+. The third-order valence-corrected chi connectivity index (χ3v) is 4.06. The molecule has 0 radical (unpaired) electrons. The number of unbranched alkanes of at least 4 members (excludes halogenated alkanes) is 1. The van der Waals surface area contributed by atoms with Crippen LogP contribution in [0.4, 0.5) is 0 Å². The number of rotatable bonds is 6. The topological polar surface area (TPSA) is 30.7 Å². The maximum Gasteiger partial charge on any atom is 0.120 e. The van der Waals surface area contributed by atoms with E-state index in [1.165, 1.54) is 11.1 Å². The molecule has 0 aliphatic rings. The van der Waals surface area contributed by atoms with Crippen molar-refractivity contribution in [2.24, 2.45) is 0 Å². The summed E-state index contributed by atoms with van der Waals surface area (Å²) >= 11 is 0. The molecule has 0 atom stereocenters. The summed E-state index contributed by atoms with van der Waals surface area (Å²) < 4.78 is 2.01. The highest BCUT2D eigenvalue weighted by Crippen LogP contribution is 2.23. The largest absolute Gasteiger partial charge is 0.245 e. The number of aryl methyl sites for hydroxylation is 2. The SMILES string of the molecule is CCCCn1nnc(-c2ccccc2)c1/C=C/c1ccc(C)cc1. The Kier molecular flexibility index (Phi) is 5.22. The van der Waals surface area contributed by atoms with Crippen molar-refractivity contribution in [3.05, 3.63) is 71.4 Å². The van der Waals surface area contributed by atoms with Crippen LogP contribution in [0.5, 0.6) is 0 Å². The average Bonchev–Trinajstić information content (AvgIpc) is 3.03. The molecule has 2 aromatic carbocycles. The molecule has 3 nitrogen and oxygen atoms in total. The van der Waals surface area contributed by atoms with Crippen LogP contribution in [0, 0.1) is 6.92 Å². The van der Waals surface area contributed by atoms with Gasteiger partial charge in [-0.2, -0.15) is 0 Å². The van der Waals surface area contributed by atoms with Crippen molar-refractivity contribution >= 4 is 12.2 Å². The van der Waals surface area contributed by atoms with Crippen LogP contribution < -0.4 is 0 Å². The van der Waals surface area contributed by atoms with Gasteiger partial charge in [-0.15, -0.1) is 5.10 Å². The lowest BCUT2D eigenvalue weighted by atomic mass is 10.1. The summed E-state index contributed by atoms with van der Waals surface area (Å²) in [5.74, 6) is 0. The summed E-state index contributed by atoms with van der Waals surface area (Å²) in [5, 5.41) is 8.80. The van der Waals surface area contributed by atoms with Crippen molar-refractivity contribution in [1.29, 1.82) is 0 Å². The molecular weight excluding hydrogens is 294 g/mol. The second kappa shape index (κ2) is 7.73. The highest BCUT2D eigenvalue weighted by molar-refractivity contribution is 5.76. The van der Waals surface area contributed by atoms with Gasteiger partial charge in [-0.05, 0) is 25.0 Å². The molecule has 0 fully saturated rings. The fourth-order valence-electron chi connectivity index (χ4n) is 2.61. The lowest BCUT2D eigenvalue weighted by molar-refractivity contribution is 0.549. The fourth-order valence-corrected chi connectivity index (χ4v) is 2.61. The first-order valence-electron chi connectivity index (χ1n) is 8.51. The molecule has 0 N–H and O–H groups in total. The molecule has 0 aliphatic carbocycles. The summed E-state index contributed by atoms with van der Waals surface area (Å²) in [6, 6.07) is 18.8. The van der Waals surface area contributed by atoms with E-state index in [2.05, 4.69) is 72.7 Å². The van der Waals surface area contributed by atoms with Crippen molar-refractivity contribution in [2.45, 2.75) is 33.2 Å². The Morgan fingerprint density at radius 3 is 2.42 bits per heavy atom. The van der Waals surface area contributed by atoms with E-state index in [0.29, 0.717) is 0 Å². The van der Waals surface area contributed by atoms with Crippen molar-refractivity contribution in [3.63, 3.8) is 0 Å². The molecule has 0 saturated heterocycles. The Hall–Kier alpha value is -2.68. The zero-order chi connectivity index (χ0) is 16.8. The fraction of sp³-hybridized carbons (Fsp3) is 0.238. The van der Waals surface area contributed by atoms with Crippen LogP contribution in [0.1, 0.15) is 36.6 Å². The summed E-state index contributed by atoms with van der Waals surface area (Å²) in [7, 11) is 0. The van der Waals surface area contributed by atoms with Crippen molar-refractivity contribution in [3.8, 4) is 11.3 Å². The van der Waals surface area contributed by atoms with Crippen molar-refractivity contribution < 1.29 is 0 Å². The second-order valence-electron chi connectivity index (χ2n) is 6.01. The van der Waals surface area contributed by atoms with E-state index in [0.717, 1.165) is 36.3 Å². The summed E-state index contributed by atoms with van der Waals surface area (Å²) in [4.78, 5) is 0. The van der Waals surface area contributed by atoms with E-state index in [4.69, 9.17) is 0 Å². The van der Waals surface area contributed by atoms with Crippen LogP contribution >= 0.6 is 0 Å². The molecule has 0 unspecified atom stereocenters. The van der Waals surface area contributed by atoms with E-state index in [1.54, 1.807) is 0 Å². The molecule has 0 amide bonds. The van der Waals surface area contributed by atoms with Crippen molar-refractivity contribution in [1.82, 2.24) is 15.0 Å². The smallest absolute Gasteiger partial charge is 0.120 e. The van der Waals surface area contributed by atoms with Gasteiger partial charge < -0.3 is 0 Å². The third kappa shape index (κ3) is 3.80. The molecule has 24 heavy (non-hydrogen) atoms. The van der Waals surface area contributed by atoms with Crippen molar-refractivity contribution in [2.75, 3.05) is 0 Å². The van der Waals surface area contributed by atoms with E-state index in [9.17, 15) is 0 Å². The normalized spacial score (nSPS) is 11.2. The maximum atomic E-state index is 4.43. The Balaban J connectivity index is 1.96. The number of hydrogen-bond acceptors (Lipinski definition) is 2. The second-order valence-corrected chi connectivity index (χ2v) is 6.01. The van der Waals surface area contributed by atoms with Gasteiger partial charge >= 0.3 is 0 Å². The van der Waals surface area contributed by atoms with Crippen LogP contribution in [0.15, 0.2) is 54.6 Å². The van der Waals surface area contributed by atoms with Crippen LogP contribution in [0.2, 0.25) is 0 Å². The lowest BCUT2D eigenvalue weighted by Crippen LogP contribution is -2.02. The highest BCUT2D eigenvalue weighted by atomic mass is 15.4. The minimum atomic E-state index is 0.893. The minimum Gasteiger partial charge on any atom is -0.245 e. The molecule has 0 bridgehead atoms. The molecule has 1 heterocycles. The highest BCUT2D eigenvalue weighted by Gasteiger charge is 2.11. The molecule has 0 spiro atoms. The molecule has 3 rings (SSSR count). The van der Waals surface area contributed by atoms with Gasteiger partial charge in [-0.1, -0.05) is 84.8 Å². The Bertz CT molecular complexity index is 799. The van der Waals surface area contributed by atoms with Gasteiger partial charge in [-0.25, -0.2) is 4.68 Å². The first-order chi connectivity index (χ1) is 11.8. The molecule has 3 heteroatoms. The zero-order valence-corrected chi connectivity index (χ0v) is 14.3. The Morgan fingerprint density at radius 2 is 1.71 bits per heavy atom. The molecular formula is C21H23N3. The van der Waals surface area contributed by atoms with Gasteiger partial charge in [0.05, 0.1) is 5.69 Å². The molecule has 0 saturated carbocycles. The van der Waals surface area contributed by atoms with Gasteiger partial charge in [0.1, 0.15) is 5.69 Å². The van der Waals surface area contributed by atoms with Crippen LogP contribution in [-0.4, -0.2) is 15.0 Å². The van der Waals surface area contributed by atoms with Crippen LogP contribution in [0.25, 0.3) is 23.4 Å². The molecule has 1 aromatic heterocycles. The van der Waals surface area contributed by atoms with Crippen LogP contribution in [-0.2, 0) is 6.54 Å². The first kappa shape index (κ1) is 16.2. The molecule has 0 aliphatic heterocycles. The Morgan fingerprint density at radius 1 is 0.958 bits per heavy atom. The van der Waals surface area contributed by atoms with E-state index < -0.39 is 0 Å². The van der Waals surface area contributed by atoms with E-state index in [1.807, 2.05) is 22.9 Å². The maximum absolute atomic E-state index is 4.43. The van der Waals surface area contributed by atoms with Gasteiger partial charge in [0.15, 0.2) is 0 Å². The number of benzene rings is 2. The predicted molar refractivity (Wildman–Crippen MR) is 100 cm³/mol. The van der Waals surface area contributed by atoms with Gasteiger partial charge in [-0.3, -0.25) is 0 Å².